The van der Waals surface area contributed by atoms with Crippen molar-refractivity contribution in [3.63, 3.8) is 0 Å². The minimum atomic E-state index is -0.804. The molecule has 2 N–H and O–H groups in total. The number of amides is 1. The summed E-state index contributed by atoms with van der Waals surface area (Å²) in [7, 11) is 3.91. The summed E-state index contributed by atoms with van der Waals surface area (Å²) in [6.45, 7) is 6.88. The first-order valence-corrected chi connectivity index (χ1v) is 6.83. The van der Waals surface area contributed by atoms with E-state index in [1.165, 1.54) is 12.2 Å². The Morgan fingerprint density at radius 2 is 1.81 bits per heavy atom. The third kappa shape index (κ3) is 10.5. The molecule has 1 amide bonds. The van der Waals surface area contributed by atoms with Gasteiger partial charge in [-0.1, -0.05) is 6.58 Å². The highest BCUT2D eigenvalue weighted by atomic mass is 16.4. The number of carboxylic acid groups (broad SMARTS) is 1. The SMILES string of the molecule is C=C(C)C(=O)C=CC(=O)NCCC[N+](C)(C)CCC(=O)O. The Morgan fingerprint density at radius 1 is 1.19 bits per heavy atom. The number of carbonyl (C=O) groups excluding carboxylic acids is 2. The van der Waals surface area contributed by atoms with Crippen LogP contribution in [0.3, 0.4) is 0 Å². The van der Waals surface area contributed by atoms with E-state index in [4.69, 9.17) is 5.11 Å². The van der Waals surface area contributed by atoms with Crippen LogP contribution in [0.5, 0.6) is 0 Å². The van der Waals surface area contributed by atoms with E-state index in [9.17, 15) is 14.4 Å². The topological polar surface area (TPSA) is 83.5 Å². The summed E-state index contributed by atoms with van der Waals surface area (Å²) in [6.07, 6.45) is 3.26. The van der Waals surface area contributed by atoms with Crippen LogP contribution < -0.4 is 5.32 Å². The molecule has 0 saturated heterocycles. The summed E-state index contributed by atoms with van der Waals surface area (Å²) in [6, 6.07) is 0. The molecule has 6 heteroatoms. The Kier molecular flexibility index (Phi) is 8.23. The van der Waals surface area contributed by atoms with Gasteiger partial charge in [-0.15, -0.1) is 0 Å². The van der Waals surface area contributed by atoms with E-state index >= 15 is 0 Å². The lowest BCUT2D eigenvalue weighted by molar-refractivity contribution is -0.889. The van der Waals surface area contributed by atoms with Crippen molar-refractivity contribution < 1.29 is 24.0 Å². The first-order chi connectivity index (χ1) is 9.64. The van der Waals surface area contributed by atoms with Crippen LogP contribution in [-0.2, 0) is 14.4 Å². The van der Waals surface area contributed by atoms with Gasteiger partial charge in [0.25, 0.3) is 0 Å². The highest BCUT2D eigenvalue weighted by Gasteiger charge is 2.16. The minimum Gasteiger partial charge on any atom is -0.481 e. The summed E-state index contributed by atoms with van der Waals surface area (Å²) in [4.78, 5) is 33.2. The smallest absolute Gasteiger partial charge is 0.309 e. The van der Waals surface area contributed by atoms with Gasteiger partial charge in [-0.25, -0.2) is 0 Å². The zero-order chi connectivity index (χ0) is 16.5. The van der Waals surface area contributed by atoms with Crippen molar-refractivity contribution in [2.45, 2.75) is 19.8 Å². The highest BCUT2D eigenvalue weighted by Crippen LogP contribution is 2.01. The average molecular weight is 297 g/mol. The molecular formula is C15H25N2O4+. The van der Waals surface area contributed by atoms with E-state index in [1.807, 2.05) is 14.1 Å². The largest absolute Gasteiger partial charge is 0.481 e. The number of carbonyl (C=O) groups is 3. The van der Waals surface area contributed by atoms with Gasteiger partial charge >= 0.3 is 5.97 Å². The predicted octanol–water partition coefficient (Wildman–Crippen LogP) is 0.745. The molecular weight excluding hydrogens is 272 g/mol. The molecule has 0 aliphatic rings. The Bertz CT molecular complexity index is 439. The van der Waals surface area contributed by atoms with Crippen LogP contribution in [0.4, 0.5) is 0 Å². The maximum atomic E-state index is 11.4. The van der Waals surface area contributed by atoms with Gasteiger partial charge in [0.1, 0.15) is 0 Å². The monoisotopic (exact) mass is 297 g/mol. The highest BCUT2D eigenvalue weighted by molar-refractivity contribution is 6.06. The fraction of sp³-hybridized carbons (Fsp3) is 0.533. The summed E-state index contributed by atoms with van der Waals surface area (Å²) < 4.78 is 0.589. The van der Waals surface area contributed by atoms with E-state index in [-0.39, 0.29) is 18.1 Å². The molecule has 0 aliphatic carbocycles. The van der Waals surface area contributed by atoms with Crippen LogP contribution in [0.25, 0.3) is 0 Å². The summed E-state index contributed by atoms with van der Waals surface area (Å²) in [5.41, 5.74) is 0.386. The number of rotatable bonds is 10. The maximum absolute atomic E-state index is 11.4. The first kappa shape index (κ1) is 19.1. The molecule has 0 rings (SSSR count). The van der Waals surface area contributed by atoms with Gasteiger partial charge in [-0.2, -0.15) is 0 Å². The summed E-state index contributed by atoms with van der Waals surface area (Å²) >= 11 is 0. The zero-order valence-electron chi connectivity index (χ0n) is 13.0. The first-order valence-electron chi connectivity index (χ1n) is 6.83. The number of nitrogens with zero attached hydrogens (tertiary/aromatic N) is 1. The molecule has 0 radical (unpaired) electrons. The molecule has 0 aromatic carbocycles. The van der Waals surface area contributed by atoms with Gasteiger partial charge < -0.3 is 14.9 Å². The third-order valence-electron chi connectivity index (χ3n) is 2.98. The van der Waals surface area contributed by atoms with Gasteiger partial charge in [0.15, 0.2) is 5.78 Å². The van der Waals surface area contributed by atoms with Crippen LogP contribution in [0.1, 0.15) is 19.8 Å². The van der Waals surface area contributed by atoms with Crippen molar-refractivity contribution in [2.24, 2.45) is 0 Å². The van der Waals surface area contributed by atoms with Crippen LogP contribution in [0.15, 0.2) is 24.3 Å². The van der Waals surface area contributed by atoms with E-state index in [2.05, 4.69) is 11.9 Å². The number of quaternary nitrogens is 1. The average Bonchev–Trinajstić information content (AvgIpc) is 2.38. The van der Waals surface area contributed by atoms with Crippen molar-refractivity contribution in [3.05, 3.63) is 24.3 Å². The second kappa shape index (κ2) is 9.07. The molecule has 6 nitrogen and oxygen atoms in total. The summed E-state index contributed by atoms with van der Waals surface area (Å²) in [5, 5.41) is 11.3. The van der Waals surface area contributed by atoms with Gasteiger partial charge in [-0.05, 0) is 18.6 Å². The Balaban J connectivity index is 3.94. The van der Waals surface area contributed by atoms with Crippen molar-refractivity contribution in [1.82, 2.24) is 5.32 Å². The number of aliphatic carboxylic acids is 1. The van der Waals surface area contributed by atoms with Gasteiger partial charge in [0.05, 0.1) is 33.6 Å². The molecule has 118 valence electrons. The normalized spacial score (nSPS) is 11.4. The molecule has 0 heterocycles. The van der Waals surface area contributed by atoms with E-state index < -0.39 is 5.97 Å². The number of hydrogen-bond donors (Lipinski definition) is 2. The molecule has 0 atom stereocenters. The zero-order valence-corrected chi connectivity index (χ0v) is 13.0. The molecule has 21 heavy (non-hydrogen) atoms. The van der Waals surface area contributed by atoms with Gasteiger partial charge in [0.2, 0.25) is 5.91 Å². The lowest BCUT2D eigenvalue weighted by Crippen LogP contribution is -2.43. The van der Waals surface area contributed by atoms with Crippen LogP contribution in [0, 0.1) is 0 Å². The molecule has 0 aromatic rings. The number of ketones is 1. The predicted molar refractivity (Wildman–Crippen MR) is 80.7 cm³/mol. The van der Waals surface area contributed by atoms with Crippen molar-refractivity contribution >= 4 is 17.7 Å². The van der Waals surface area contributed by atoms with Crippen LogP contribution >= 0.6 is 0 Å². The molecule has 0 aliphatic heterocycles. The summed E-state index contributed by atoms with van der Waals surface area (Å²) in [5.74, 6) is -1.39. The second-order valence-corrected chi connectivity index (χ2v) is 5.65. The fourth-order valence-corrected chi connectivity index (χ4v) is 1.58. The lowest BCUT2D eigenvalue weighted by atomic mass is 10.2. The van der Waals surface area contributed by atoms with E-state index in [0.717, 1.165) is 13.0 Å². The molecule has 0 unspecified atom stereocenters. The van der Waals surface area contributed by atoms with E-state index in [0.29, 0.717) is 23.1 Å². The Hall–Kier alpha value is -1.95. The second-order valence-electron chi connectivity index (χ2n) is 5.65. The molecule has 0 saturated carbocycles. The standard InChI is InChI=1S/C15H24N2O4/c1-12(2)13(18)6-7-14(19)16-9-5-10-17(3,4)11-8-15(20)21/h6-7H,1,5,8-11H2,2-4H3,(H-,16,19,20,21)/p+1. The Morgan fingerprint density at radius 3 is 2.33 bits per heavy atom. The van der Waals surface area contributed by atoms with E-state index in [1.54, 1.807) is 6.92 Å². The van der Waals surface area contributed by atoms with Crippen molar-refractivity contribution in [3.8, 4) is 0 Å². The third-order valence-corrected chi connectivity index (χ3v) is 2.98. The maximum Gasteiger partial charge on any atom is 0.309 e. The molecule has 0 bridgehead atoms. The number of allylic oxidation sites excluding steroid dienone is 2. The van der Waals surface area contributed by atoms with Crippen LogP contribution in [-0.4, -0.2) is 61.0 Å². The fourth-order valence-electron chi connectivity index (χ4n) is 1.58. The van der Waals surface area contributed by atoms with Crippen molar-refractivity contribution in [1.29, 1.82) is 0 Å². The number of hydrogen-bond acceptors (Lipinski definition) is 3. The lowest BCUT2D eigenvalue weighted by Gasteiger charge is -2.29. The number of carboxylic acids is 1. The molecule has 0 aromatic heterocycles. The molecule has 0 spiro atoms. The minimum absolute atomic E-state index is 0.130. The van der Waals surface area contributed by atoms with Crippen molar-refractivity contribution in [2.75, 3.05) is 33.7 Å². The van der Waals surface area contributed by atoms with Crippen LogP contribution in [0.2, 0.25) is 0 Å². The Labute approximate surface area is 125 Å². The van der Waals surface area contributed by atoms with Gasteiger partial charge in [-0.3, -0.25) is 14.4 Å². The molecule has 0 fully saturated rings. The quantitative estimate of drug-likeness (QED) is 0.354. The van der Waals surface area contributed by atoms with Gasteiger partial charge in [0, 0.05) is 19.0 Å². The number of nitrogens with one attached hydrogen (secondary N) is 1.